The van der Waals surface area contributed by atoms with Crippen molar-refractivity contribution in [3.63, 3.8) is 0 Å². The van der Waals surface area contributed by atoms with E-state index < -0.39 is 5.54 Å². The minimum Gasteiger partial charge on any atom is -0.468 e. The van der Waals surface area contributed by atoms with Crippen molar-refractivity contribution in [2.45, 2.75) is 50.7 Å². The van der Waals surface area contributed by atoms with Gasteiger partial charge in [-0.2, -0.15) is 0 Å². The van der Waals surface area contributed by atoms with Crippen LogP contribution < -0.4 is 5.32 Å². The number of carbonyl (C=O) groups excluding carboxylic acids is 1. The lowest BCUT2D eigenvalue weighted by atomic mass is 9.83. The molecule has 0 aliphatic carbocycles. The molecule has 20 heavy (non-hydrogen) atoms. The van der Waals surface area contributed by atoms with Crippen molar-refractivity contribution in [3.05, 3.63) is 0 Å². The van der Waals surface area contributed by atoms with Crippen LogP contribution in [0.25, 0.3) is 0 Å². The minimum absolute atomic E-state index is 0.0798. The van der Waals surface area contributed by atoms with Crippen LogP contribution in [0.3, 0.4) is 0 Å². The number of esters is 1. The molecule has 2 unspecified atom stereocenters. The van der Waals surface area contributed by atoms with E-state index in [9.17, 15) is 4.79 Å². The van der Waals surface area contributed by atoms with E-state index in [1.165, 1.54) is 7.11 Å². The van der Waals surface area contributed by atoms with Gasteiger partial charge in [-0.05, 0) is 25.8 Å². The Kier molecular flexibility index (Phi) is 5.81. The van der Waals surface area contributed by atoms with Gasteiger partial charge in [-0.25, -0.2) is 0 Å². The highest BCUT2D eigenvalue weighted by Crippen LogP contribution is 2.34. The molecule has 116 valence electrons. The van der Waals surface area contributed by atoms with E-state index in [0.29, 0.717) is 6.61 Å². The van der Waals surface area contributed by atoms with Gasteiger partial charge < -0.3 is 14.8 Å². The zero-order valence-corrected chi connectivity index (χ0v) is 12.8. The van der Waals surface area contributed by atoms with Crippen molar-refractivity contribution in [2.24, 2.45) is 0 Å². The summed E-state index contributed by atoms with van der Waals surface area (Å²) in [5.74, 6) is -0.0798. The summed E-state index contributed by atoms with van der Waals surface area (Å²) < 4.78 is 11.0. The summed E-state index contributed by atoms with van der Waals surface area (Å²) in [6.07, 6.45) is 4.89. The predicted molar refractivity (Wildman–Crippen MR) is 77.7 cm³/mol. The van der Waals surface area contributed by atoms with Gasteiger partial charge in [-0.15, -0.1) is 0 Å². The van der Waals surface area contributed by atoms with Gasteiger partial charge in [0.1, 0.15) is 5.54 Å². The van der Waals surface area contributed by atoms with Crippen LogP contribution in [0.2, 0.25) is 0 Å². The van der Waals surface area contributed by atoms with Crippen LogP contribution in [0.1, 0.15) is 39.0 Å². The highest BCUT2D eigenvalue weighted by atomic mass is 16.5. The van der Waals surface area contributed by atoms with Crippen molar-refractivity contribution >= 4 is 5.97 Å². The molecule has 5 heteroatoms. The number of nitrogens with zero attached hydrogens (tertiary/aromatic N) is 1. The Morgan fingerprint density at radius 2 is 2.30 bits per heavy atom. The molecule has 0 saturated carbocycles. The lowest BCUT2D eigenvalue weighted by molar-refractivity contribution is -0.167. The molecule has 2 atom stereocenters. The summed E-state index contributed by atoms with van der Waals surface area (Å²) in [7, 11) is 1.50. The maximum absolute atomic E-state index is 12.5. The molecule has 0 radical (unpaired) electrons. The van der Waals surface area contributed by atoms with Crippen molar-refractivity contribution in [2.75, 3.05) is 39.9 Å². The highest BCUT2D eigenvalue weighted by Gasteiger charge is 2.48. The van der Waals surface area contributed by atoms with Crippen LogP contribution in [-0.2, 0) is 14.3 Å². The average molecular weight is 284 g/mol. The maximum Gasteiger partial charge on any atom is 0.326 e. The van der Waals surface area contributed by atoms with Crippen molar-refractivity contribution in [1.82, 2.24) is 10.2 Å². The minimum atomic E-state index is -0.473. The lowest BCUT2D eigenvalue weighted by Gasteiger charge is -2.45. The molecule has 5 nitrogen and oxygen atoms in total. The van der Waals surface area contributed by atoms with Gasteiger partial charge >= 0.3 is 5.97 Å². The van der Waals surface area contributed by atoms with Gasteiger partial charge in [0, 0.05) is 32.7 Å². The number of rotatable bonds is 4. The summed E-state index contributed by atoms with van der Waals surface area (Å²) >= 11 is 0. The molecule has 0 bridgehead atoms. The molecule has 2 saturated heterocycles. The Morgan fingerprint density at radius 1 is 1.45 bits per heavy atom. The maximum atomic E-state index is 12.5. The van der Waals surface area contributed by atoms with Gasteiger partial charge in [0.2, 0.25) is 0 Å². The van der Waals surface area contributed by atoms with Crippen molar-refractivity contribution in [3.8, 4) is 0 Å². The molecule has 2 aliphatic heterocycles. The number of carbonyl (C=O) groups is 1. The zero-order valence-electron chi connectivity index (χ0n) is 12.8. The van der Waals surface area contributed by atoms with E-state index >= 15 is 0 Å². The molecule has 0 spiro atoms. The summed E-state index contributed by atoms with van der Waals surface area (Å²) in [6.45, 7) is 6.66. The van der Waals surface area contributed by atoms with E-state index in [1.54, 1.807) is 0 Å². The second-order valence-electron chi connectivity index (χ2n) is 5.85. The first-order chi connectivity index (χ1) is 9.73. The normalized spacial score (nSPS) is 32.6. The third-order valence-corrected chi connectivity index (χ3v) is 4.56. The smallest absolute Gasteiger partial charge is 0.326 e. The molecule has 2 fully saturated rings. The molecular weight excluding hydrogens is 256 g/mol. The lowest BCUT2D eigenvalue weighted by Crippen LogP contribution is -2.60. The van der Waals surface area contributed by atoms with E-state index in [4.69, 9.17) is 9.47 Å². The summed E-state index contributed by atoms with van der Waals surface area (Å²) in [5, 5.41) is 3.40. The van der Waals surface area contributed by atoms with Crippen LogP contribution in [0.15, 0.2) is 0 Å². The van der Waals surface area contributed by atoms with Crippen molar-refractivity contribution < 1.29 is 14.3 Å². The number of methoxy groups -OCH3 is 1. The largest absolute Gasteiger partial charge is 0.468 e. The first-order valence-electron chi connectivity index (χ1n) is 7.88. The number of hydrogen-bond acceptors (Lipinski definition) is 5. The average Bonchev–Trinajstić information content (AvgIpc) is 2.76. The van der Waals surface area contributed by atoms with Crippen LogP contribution in [0.5, 0.6) is 0 Å². The Labute approximate surface area is 122 Å². The fourth-order valence-electron chi connectivity index (χ4n) is 3.50. The molecule has 0 amide bonds. The molecule has 2 heterocycles. The van der Waals surface area contributed by atoms with Gasteiger partial charge in [0.15, 0.2) is 0 Å². The second kappa shape index (κ2) is 7.38. The summed E-state index contributed by atoms with van der Waals surface area (Å²) in [5.41, 5.74) is -0.473. The van der Waals surface area contributed by atoms with E-state index in [0.717, 1.165) is 58.3 Å². The summed E-state index contributed by atoms with van der Waals surface area (Å²) in [6, 6.07) is 0. The van der Waals surface area contributed by atoms with E-state index in [-0.39, 0.29) is 12.1 Å². The highest BCUT2D eigenvalue weighted by molar-refractivity contribution is 5.81. The van der Waals surface area contributed by atoms with E-state index in [2.05, 4.69) is 17.1 Å². The Balaban J connectivity index is 2.17. The summed E-state index contributed by atoms with van der Waals surface area (Å²) in [4.78, 5) is 14.8. The predicted octanol–water partition coefficient (Wildman–Crippen LogP) is 1.17. The standard InChI is InChI=1S/C15H28N2O3/c1-3-5-13-12-15(6-11-20-13,14(18)19-2)17-9-4-7-16-8-10-17/h13,16H,3-12H2,1-2H3. The Hall–Kier alpha value is -0.650. The van der Waals surface area contributed by atoms with E-state index in [1.807, 2.05) is 0 Å². The molecule has 2 aliphatic rings. The van der Waals surface area contributed by atoms with Crippen LogP contribution >= 0.6 is 0 Å². The molecule has 0 aromatic heterocycles. The Bertz CT molecular complexity index is 314. The van der Waals surface area contributed by atoms with Crippen LogP contribution in [0, 0.1) is 0 Å². The number of hydrogen-bond donors (Lipinski definition) is 1. The molecule has 1 N–H and O–H groups in total. The first-order valence-corrected chi connectivity index (χ1v) is 7.88. The Morgan fingerprint density at radius 3 is 3.05 bits per heavy atom. The molecule has 0 aromatic carbocycles. The van der Waals surface area contributed by atoms with Gasteiger partial charge in [0.05, 0.1) is 13.2 Å². The van der Waals surface area contributed by atoms with Gasteiger partial charge in [-0.3, -0.25) is 9.69 Å². The third kappa shape index (κ3) is 3.32. The molecular formula is C15H28N2O3. The topological polar surface area (TPSA) is 50.8 Å². The number of ether oxygens (including phenoxy) is 2. The van der Waals surface area contributed by atoms with Gasteiger partial charge in [-0.1, -0.05) is 13.3 Å². The fourth-order valence-corrected chi connectivity index (χ4v) is 3.50. The SMILES string of the molecule is CCCC1CC(C(=O)OC)(N2CCCNCC2)CCO1. The first kappa shape index (κ1) is 15.7. The van der Waals surface area contributed by atoms with Gasteiger partial charge in [0.25, 0.3) is 0 Å². The van der Waals surface area contributed by atoms with Crippen molar-refractivity contribution in [1.29, 1.82) is 0 Å². The quantitative estimate of drug-likeness (QED) is 0.786. The third-order valence-electron chi connectivity index (χ3n) is 4.56. The zero-order chi connectivity index (χ0) is 14.4. The second-order valence-corrected chi connectivity index (χ2v) is 5.85. The monoisotopic (exact) mass is 284 g/mol. The molecule has 0 aromatic rings. The fraction of sp³-hybridized carbons (Fsp3) is 0.933. The molecule has 2 rings (SSSR count). The van der Waals surface area contributed by atoms with Crippen LogP contribution in [-0.4, -0.2) is 62.4 Å². The number of nitrogens with one attached hydrogen (secondary N) is 1. The van der Waals surface area contributed by atoms with Crippen LogP contribution in [0.4, 0.5) is 0 Å².